The number of benzene rings is 1. The number of hydrogen-bond acceptors (Lipinski definition) is 5. The average Bonchev–Trinajstić information content (AvgIpc) is 2.31. The molecule has 6 heteroatoms. The number of hydrazone groups is 1. The van der Waals surface area contributed by atoms with Crippen LogP contribution in [0.15, 0.2) is 29.4 Å². The number of halogens is 1. The number of anilines is 1. The van der Waals surface area contributed by atoms with Gasteiger partial charge in [-0.25, -0.2) is 9.18 Å². The molecule has 0 heterocycles. The summed E-state index contributed by atoms with van der Waals surface area (Å²) < 4.78 is 17.3. The van der Waals surface area contributed by atoms with E-state index < -0.39 is 11.8 Å². The molecule has 1 N–H and O–H groups in total. The fourth-order valence-corrected chi connectivity index (χ4v) is 1.11. The maximum absolute atomic E-state index is 12.7. The van der Waals surface area contributed by atoms with Crippen LogP contribution >= 0.6 is 0 Å². The van der Waals surface area contributed by atoms with Gasteiger partial charge in [-0.1, -0.05) is 0 Å². The standard InChI is InChI=1S/C12H13FN2O3/c1-3-18-12(17)11(8(2)16)15-14-10-6-4-9(13)5-7-10/h4-7,14H,3H2,1-2H3. The van der Waals surface area contributed by atoms with Gasteiger partial charge in [0, 0.05) is 6.92 Å². The van der Waals surface area contributed by atoms with Crippen LogP contribution in [0.1, 0.15) is 13.8 Å². The molecular weight excluding hydrogens is 239 g/mol. The molecular formula is C12H13FN2O3. The van der Waals surface area contributed by atoms with Crippen LogP contribution in [0.4, 0.5) is 10.1 Å². The van der Waals surface area contributed by atoms with Crippen LogP contribution in [-0.4, -0.2) is 24.1 Å². The summed E-state index contributed by atoms with van der Waals surface area (Å²) in [6.07, 6.45) is 0. The number of hydrogen-bond donors (Lipinski definition) is 1. The van der Waals surface area contributed by atoms with Gasteiger partial charge in [-0.3, -0.25) is 10.2 Å². The molecule has 0 fully saturated rings. The highest BCUT2D eigenvalue weighted by Crippen LogP contribution is 2.08. The van der Waals surface area contributed by atoms with Crippen LogP contribution in [0.3, 0.4) is 0 Å². The Kier molecular flexibility index (Phi) is 4.98. The van der Waals surface area contributed by atoms with Crippen molar-refractivity contribution in [3.63, 3.8) is 0 Å². The van der Waals surface area contributed by atoms with Crippen molar-refractivity contribution in [1.82, 2.24) is 0 Å². The summed E-state index contributed by atoms with van der Waals surface area (Å²) in [6.45, 7) is 2.99. The van der Waals surface area contributed by atoms with E-state index in [4.69, 9.17) is 0 Å². The zero-order valence-corrected chi connectivity index (χ0v) is 10.1. The third kappa shape index (κ3) is 3.97. The van der Waals surface area contributed by atoms with Gasteiger partial charge in [-0.15, -0.1) is 0 Å². The molecule has 0 saturated carbocycles. The summed E-state index contributed by atoms with van der Waals surface area (Å²) >= 11 is 0. The Balaban J connectivity index is 2.80. The molecule has 0 aliphatic heterocycles. The molecule has 0 atom stereocenters. The molecule has 0 unspecified atom stereocenters. The maximum atomic E-state index is 12.7. The van der Waals surface area contributed by atoms with E-state index in [1.807, 2.05) is 0 Å². The molecule has 18 heavy (non-hydrogen) atoms. The summed E-state index contributed by atoms with van der Waals surface area (Å²) in [5.41, 5.74) is 2.62. The fourth-order valence-electron chi connectivity index (χ4n) is 1.11. The van der Waals surface area contributed by atoms with E-state index in [2.05, 4.69) is 15.3 Å². The normalized spacial score (nSPS) is 10.9. The Labute approximate surface area is 104 Å². The van der Waals surface area contributed by atoms with Crippen molar-refractivity contribution in [3.05, 3.63) is 30.1 Å². The molecule has 0 aromatic heterocycles. The number of ether oxygens (including phenoxy) is 1. The Morgan fingerprint density at radius 3 is 2.44 bits per heavy atom. The fraction of sp³-hybridized carbons (Fsp3) is 0.250. The predicted molar refractivity (Wildman–Crippen MR) is 64.8 cm³/mol. The number of ketones is 1. The minimum absolute atomic E-state index is 0.154. The lowest BCUT2D eigenvalue weighted by molar-refractivity contribution is -0.135. The Hall–Kier alpha value is -2.24. The number of nitrogens with zero attached hydrogens (tertiary/aromatic N) is 1. The molecule has 96 valence electrons. The Bertz CT molecular complexity index is 469. The van der Waals surface area contributed by atoms with E-state index in [9.17, 15) is 14.0 Å². The first-order chi connectivity index (χ1) is 8.54. The van der Waals surface area contributed by atoms with Crippen LogP contribution < -0.4 is 5.43 Å². The second-order valence-corrected chi connectivity index (χ2v) is 3.36. The van der Waals surface area contributed by atoms with E-state index in [1.54, 1.807) is 6.92 Å². The number of rotatable bonds is 5. The first-order valence-corrected chi connectivity index (χ1v) is 5.32. The third-order valence-corrected chi connectivity index (χ3v) is 1.94. The zero-order chi connectivity index (χ0) is 13.5. The molecule has 1 rings (SSSR count). The summed E-state index contributed by atoms with van der Waals surface area (Å²) in [4.78, 5) is 22.6. The van der Waals surface area contributed by atoms with Gasteiger partial charge in [-0.2, -0.15) is 5.10 Å². The van der Waals surface area contributed by atoms with Crippen LogP contribution in [-0.2, 0) is 14.3 Å². The van der Waals surface area contributed by atoms with E-state index >= 15 is 0 Å². The van der Waals surface area contributed by atoms with E-state index in [0.29, 0.717) is 5.69 Å². The second-order valence-electron chi connectivity index (χ2n) is 3.36. The monoisotopic (exact) mass is 252 g/mol. The quantitative estimate of drug-likeness (QED) is 0.375. The van der Waals surface area contributed by atoms with Crippen LogP contribution in [0.25, 0.3) is 0 Å². The molecule has 1 aromatic carbocycles. The minimum atomic E-state index is -0.792. The smallest absolute Gasteiger partial charge is 0.362 e. The van der Waals surface area contributed by atoms with Gasteiger partial charge in [0.05, 0.1) is 12.3 Å². The van der Waals surface area contributed by atoms with Gasteiger partial charge in [0.15, 0.2) is 5.78 Å². The van der Waals surface area contributed by atoms with Crippen LogP contribution in [0, 0.1) is 5.82 Å². The minimum Gasteiger partial charge on any atom is -0.461 e. The number of nitrogens with one attached hydrogen (secondary N) is 1. The van der Waals surface area contributed by atoms with Crippen LogP contribution in [0.5, 0.6) is 0 Å². The van der Waals surface area contributed by atoms with E-state index in [1.165, 1.54) is 31.2 Å². The summed E-state index contributed by atoms with van der Waals surface area (Å²) in [6, 6.07) is 5.33. The van der Waals surface area contributed by atoms with Gasteiger partial charge in [-0.05, 0) is 31.2 Å². The highest BCUT2D eigenvalue weighted by Gasteiger charge is 2.17. The summed E-state index contributed by atoms with van der Waals surface area (Å²) in [5, 5.41) is 3.66. The largest absolute Gasteiger partial charge is 0.461 e. The first-order valence-electron chi connectivity index (χ1n) is 5.32. The van der Waals surface area contributed by atoms with Gasteiger partial charge >= 0.3 is 5.97 Å². The van der Waals surface area contributed by atoms with Gasteiger partial charge in [0.25, 0.3) is 0 Å². The number of carbonyl (C=O) groups is 2. The SMILES string of the molecule is CCOC(=O)C(=NNc1ccc(F)cc1)C(C)=O. The molecule has 0 saturated heterocycles. The summed E-state index contributed by atoms with van der Waals surface area (Å²) in [5.74, 6) is -1.69. The molecule has 5 nitrogen and oxygen atoms in total. The molecule has 1 aromatic rings. The molecule has 0 spiro atoms. The lowest BCUT2D eigenvalue weighted by atomic mass is 10.3. The molecule has 0 aliphatic carbocycles. The van der Waals surface area contributed by atoms with Gasteiger partial charge in [0.2, 0.25) is 5.71 Å². The van der Waals surface area contributed by atoms with Crippen molar-refractivity contribution < 1.29 is 18.7 Å². The highest BCUT2D eigenvalue weighted by molar-refractivity contribution is 6.64. The predicted octanol–water partition coefficient (Wildman–Crippen LogP) is 1.75. The van der Waals surface area contributed by atoms with Crippen molar-refractivity contribution in [2.75, 3.05) is 12.0 Å². The number of carbonyl (C=O) groups excluding carboxylic acids is 2. The zero-order valence-electron chi connectivity index (χ0n) is 10.1. The van der Waals surface area contributed by atoms with E-state index in [-0.39, 0.29) is 18.1 Å². The van der Waals surface area contributed by atoms with Gasteiger partial charge in [0.1, 0.15) is 5.82 Å². The topological polar surface area (TPSA) is 67.8 Å². The van der Waals surface area contributed by atoms with Crippen molar-refractivity contribution in [2.45, 2.75) is 13.8 Å². The molecule has 0 bridgehead atoms. The lowest BCUT2D eigenvalue weighted by Gasteiger charge is -2.04. The second kappa shape index (κ2) is 6.48. The van der Waals surface area contributed by atoms with Crippen molar-refractivity contribution in [1.29, 1.82) is 0 Å². The lowest BCUT2D eigenvalue weighted by Crippen LogP contribution is -2.25. The van der Waals surface area contributed by atoms with Crippen LogP contribution in [0.2, 0.25) is 0 Å². The van der Waals surface area contributed by atoms with Gasteiger partial charge < -0.3 is 4.74 Å². The van der Waals surface area contributed by atoms with E-state index in [0.717, 1.165) is 0 Å². The van der Waals surface area contributed by atoms with Crippen molar-refractivity contribution in [2.24, 2.45) is 5.10 Å². The first kappa shape index (κ1) is 13.8. The number of Topliss-reactive ketones (excluding diaryl/α,β-unsaturated/α-hetero) is 1. The summed E-state index contributed by atoms with van der Waals surface area (Å²) in [7, 11) is 0. The van der Waals surface area contributed by atoms with Crippen molar-refractivity contribution in [3.8, 4) is 0 Å². The van der Waals surface area contributed by atoms with Crippen molar-refractivity contribution >= 4 is 23.2 Å². The molecule has 0 radical (unpaired) electrons. The third-order valence-electron chi connectivity index (χ3n) is 1.94. The Morgan fingerprint density at radius 2 is 1.94 bits per heavy atom. The number of esters is 1. The average molecular weight is 252 g/mol. The Morgan fingerprint density at radius 1 is 1.33 bits per heavy atom. The molecule has 0 aliphatic rings. The maximum Gasteiger partial charge on any atom is 0.362 e. The molecule has 0 amide bonds. The highest BCUT2D eigenvalue weighted by atomic mass is 19.1.